The van der Waals surface area contributed by atoms with Gasteiger partial charge in [0.1, 0.15) is 0 Å². The molecule has 1 heteroatoms. The number of aliphatic hydroxyl groups is 1. The molecule has 3 aliphatic rings. The summed E-state index contributed by atoms with van der Waals surface area (Å²) in [5.74, 6) is 2.19. The average molecular weight is 150 g/mol. The van der Waals surface area contributed by atoms with Crippen molar-refractivity contribution in [2.45, 2.75) is 31.3 Å². The molecule has 3 rings (SSSR count). The molecule has 3 aliphatic carbocycles. The highest BCUT2D eigenvalue weighted by molar-refractivity contribution is 5.18. The molecule has 0 aromatic rings. The molecule has 2 bridgehead atoms. The minimum atomic E-state index is -0.275. The Morgan fingerprint density at radius 3 is 3.18 bits per heavy atom. The summed E-state index contributed by atoms with van der Waals surface area (Å²) in [4.78, 5) is 0. The molecule has 0 radical (unpaired) electrons. The number of rotatable bonds is 0. The van der Waals surface area contributed by atoms with Crippen molar-refractivity contribution >= 4 is 0 Å². The smallest absolute Gasteiger partial charge is 0.0715 e. The van der Waals surface area contributed by atoms with Crippen LogP contribution in [0.25, 0.3) is 0 Å². The zero-order valence-electron chi connectivity index (χ0n) is 6.66. The van der Waals surface area contributed by atoms with Gasteiger partial charge in [-0.3, -0.25) is 0 Å². The fraction of sp³-hybridized carbons (Fsp3) is 0.800. The number of hydrogen-bond donors (Lipinski definition) is 1. The Hall–Kier alpha value is -0.300. The lowest BCUT2D eigenvalue weighted by atomic mass is 9.79. The summed E-state index contributed by atoms with van der Waals surface area (Å²) in [6, 6.07) is 0. The van der Waals surface area contributed by atoms with E-state index in [1.165, 1.54) is 12.8 Å². The van der Waals surface area contributed by atoms with Gasteiger partial charge in [-0.05, 0) is 37.5 Å². The van der Waals surface area contributed by atoms with Crippen molar-refractivity contribution in [1.82, 2.24) is 0 Å². The maximum atomic E-state index is 10.2. The van der Waals surface area contributed by atoms with Crippen LogP contribution in [0.3, 0.4) is 0 Å². The largest absolute Gasteiger partial charge is 0.389 e. The summed E-state index contributed by atoms with van der Waals surface area (Å²) >= 11 is 0. The van der Waals surface area contributed by atoms with Crippen LogP contribution in [-0.2, 0) is 0 Å². The van der Waals surface area contributed by atoms with E-state index in [-0.39, 0.29) is 5.60 Å². The van der Waals surface area contributed by atoms with Crippen LogP contribution >= 0.6 is 0 Å². The molecule has 4 unspecified atom stereocenters. The van der Waals surface area contributed by atoms with Crippen LogP contribution in [-0.4, -0.2) is 10.7 Å². The molecule has 0 aromatic heterocycles. The maximum absolute atomic E-state index is 10.2. The van der Waals surface area contributed by atoms with Crippen LogP contribution in [0, 0.1) is 17.8 Å². The second-order valence-electron chi connectivity index (χ2n) is 4.46. The van der Waals surface area contributed by atoms with E-state index in [1.807, 2.05) is 0 Å². The lowest BCUT2D eigenvalue weighted by Gasteiger charge is -2.30. The van der Waals surface area contributed by atoms with Crippen molar-refractivity contribution in [3.63, 3.8) is 0 Å². The summed E-state index contributed by atoms with van der Waals surface area (Å²) < 4.78 is 0. The van der Waals surface area contributed by atoms with Crippen LogP contribution in [0.4, 0.5) is 0 Å². The van der Waals surface area contributed by atoms with Crippen LogP contribution in [0.5, 0.6) is 0 Å². The first-order chi connectivity index (χ1) is 5.30. The van der Waals surface area contributed by atoms with E-state index in [9.17, 15) is 5.11 Å². The molecular formula is C10H14O. The first-order valence-electron chi connectivity index (χ1n) is 4.69. The molecule has 0 heterocycles. The zero-order valence-corrected chi connectivity index (χ0v) is 6.66. The van der Waals surface area contributed by atoms with Crippen LogP contribution in [0.1, 0.15) is 25.7 Å². The molecule has 4 atom stereocenters. The van der Waals surface area contributed by atoms with Gasteiger partial charge in [0.25, 0.3) is 0 Å². The maximum Gasteiger partial charge on any atom is 0.0715 e. The molecule has 2 fully saturated rings. The SMILES string of the molecule is OC12CCC(C1)C1CC=CC12. The van der Waals surface area contributed by atoms with E-state index >= 15 is 0 Å². The van der Waals surface area contributed by atoms with Gasteiger partial charge in [0.2, 0.25) is 0 Å². The van der Waals surface area contributed by atoms with Crippen LogP contribution < -0.4 is 0 Å². The number of fused-ring (bicyclic) bond motifs is 5. The second kappa shape index (κ2) is 1.71. The third kappa shape index (κ3) is 0.610. The number of hydrogen-bond acceptors (Lipinski definition) is 1. The fourth-order valence-electron chi connectivity index (χ4n) is 3.50. The van der Waals surface area contributed by atoms with Gasteiger partial charge < -0.3 is 5.11 Å². The van der Waals surface area contributed by atoms with Crippen molar-refractivity contribution in [2.24, 2.45) is 17.8 Å². The highest BCUT2D eigenvalue weighted by Gasteiger charge is 2.56. The standard InChI is InChI=1S/C10H14O/c11-10-5-4-7(6-10)8-2-1-3-9(8)10/h1,3,7-9,11H,2,4-6H2. The quantitative estimate of drug-likeness (QED) is 0.521. The monoisotopic (exact) mass is 150 g/mol. The Labute approximate surface area is 67.1 Å². The highest BCUT2D eigenvalue weighted by atomic mass is 16.3. The summed E-state index contributed by atoms with van der Waals surface area (Å²) in [6.07, 6.45) is 9.18. The van der Waals surface area contributed by atoms with Crippen molar-refractivity contribution in [1.29, 1.82) is 0 Å². The summed E-state index contributed by atoms with van der Waals surface area (Å²) in [5.41, 5.74) is -0.275. The van der Waals surface area contributed by atoms with Crippen molar-refractivity contribution in [2.75, 3.05) is 0 Å². The van der Waals surface area contributed by atoms with Gasteiger partial charge in [0, 0.05) is 5.92 Å². The van der Waals surface area contributed by atoms with Gasteiger partial charge in [-0.25, -0.2) is 0 Å². The molecule has 11 heavy (non-hydrogen) atoms. The minimum absolute atomic E-state index is 0.275. The van der Waals surface area contributed by atoms with Crippen molar-refractivity contribution < 1.29 is 5.11 Å². The lowest BCUT2D eigenvalue weighted by Crippen LogP contribution is -2.33. The molecule has 2 saturated carbocycles. The van der Waals surface area contributed by atoms with Gasteiger partial charge >= 0.3 is 0 Å². The Bertz CT molecular complexity index is 221. The first-order valence-corrected chi connectivity index (χ1v) is 4.69. The van der Waals surface area contributed by atoms with Crippen molar-refractivity contribution in [3.05, 3.63) is 12.2 Å². The van der Waals surface area contributed by atoms with Crippen LogP contribution in [0.15, 0.2) is 12.2 Å². The van der Waals surface area contributed by atoms with Gasteiger partial charge in [-0.1, -0.05) is 12.2 Å². The van der Waals surface area contributed by atoms with Crippen LogP contribution in [0.2, 0.25) is 0 Å². The fourth-order valence-corrected chi connectivity index (χ4v) is 3.50. The summed E-state index contributed by atoms with van der Waals surface area (Å²) in [6.45, 7) is 0. The van der Waals surface area contributed by atoms with E-state index in [1.54, 1.807) is 0 Å². The molecule has 0 spiro atoms. The normalized spacial score (nSPS) is 58.8. The molecule has 60 valence electrons. The third-order valence-electron chi connectivity index (χ3n) is 4.00. The topological polar surface area (TPSA) is 20.2 Å². The zero-order chi connectivity index (χ0) is 7.47. The van der Waals surface area contributed by atoms with E-state index in [0.717, 1.165) is 24.7 Å². The van der Waals surface area contributed by atoms with Gasteiger partial charge in [0.05, 0.1) is 5.60 Å². The first kappa shape index (κ1) is 6.24. The molecule has 0 saturated heterocycles. The molecule has 0 aliphatic heterocycles. The second-order valence-corrected chi connectivity index (χ2v) is 4.46. The lowest BCUT2D eigenvalue weighted by molar-refractivity contribution is 0.00981. The minimum Gasteiger partial charge on any atom is -0.389 e. The predicted octanol–water partition coefficient (Wildman–Crippen LogP) is 1.72. The van der Waals surface area contributed by atoms with Crippen molar-refractivity contribution in [3.8, 4) is 0 Å². The van der Waals surface area contributed by atoms with E-state index < -0.39 is 0 Å². The highest BCUT2D eigenvalue weighted by Crippen LogP contribution is 2.58. The van der Waals surface area contributed by atoms with E-state index in [0.29, 0.717) is 5.92 Å². The van der Waals surface area contributed by atoms with E-state index in [4.69, 9.17) is 0 Å². The van der Waals surface area contributed by atoms with Gasteiger partial charge in [-0.2, -0.15) is 0 Å². The average Bonchev–Trinajstić information content (AvgIpc) is 2.53. The van der Waals surface area contributed by atoms with E-state index in [2.05, 4.69) is 12.2 Å². The Morgan fingerprint density at radius 1 is 1.45 bits per heavy atom. The van der Waals surface area contributed by atoms with Gasteiger partial charge in [0.15, 0.2) is 0 Å². The number of allylic oxidation sites excluding steroid dienone is 1. The third-order valence-corrected chi connectivity index (χ3v) is 4.00. The molecule has 1 nitrogen and oxygen atoms in total. The Kier molecular flexibility index (Phi) is 0.972. The summed E-state index contributed by atoms with van der Waals surface area (Å²) in [7, 11) is 0. The van der Waals surface area contributed by atoms with Gasteiger partial charge in [-0.15, -0.1) is 0 Å². The Morgan fingerprint density at radius 2 is 2.36 bits per heavy atom. The summed E-state index contributed by atoms with van der Waals surface area (Å²) in [5, 5.41) is 10.2. The molecular weight excluding hydrogens is 136 g/mol. The molecule has 0 aromatic carbocycles. The molecule has 0 amide bonds. The molecule has 1 N–H and O–H groups in total. The predicted molar refractivity (Wildman–Crippen MR) is 43.0 cm³/mol. The Balaban J connectivity index is 2.03.